The van der Waals surface area contributed by atoms with Gasteiger partial charge in [-0.3, -0.25) is 14.4 Å². The minimum atomic E-state index is -0.772. The second kappa shape index (κ2) is 45.4. The van der Waals surface area contributed by atoms with Crippen LogP contribution in [-0.2, 0) is 28.6 Å². The van der Waals surface area contributed by atoms with Crippen molar-refractivity contribution in [1.29, 1.82) is 0 Å². The molecule has 0 aliphatic heterocycles. The van der Waals surface area contributed by atoms with Gasteiger partial charge in [0, 0.05) is 19.3 Å². The van der Waals surface area contributed by atoms with E-state index in [0.717, 1.165) is 88.9 Å². The van der Waals surface area contributed by atoms with Crippen molar-refractivity contribution in [1.82, 2.24) is 0 Å². The molecule has 346 valence electrons. The highest BCUT2D eigenvalue weighted by Gasteiger charge is 2.19. The molecule has 0 N–H and O–H groups in total. The molecule has 0 aliphatic carbocycles. The van der Waals surface area contributed by atoms with Crippen LogP contribution >= 0.6 is 0 Å². The molecule has 0 saturated carbocycles. The van der Waals surface area contributed by atoms with Crippen molar-refractivity contribution in [2.24, 2.45) is 11.8 Å². The zero-order chi connectivity index (χ0) is 43.3. The topological polar surface area (TPSA) is 78.9 Å². The first-order valence-electron chi connectivity index (χ1n) is 25.5. The van der Waals surface area contributed by atoms with Gasteiger partial charge in [0.1, 0.15) is 13.2 Å². The van der Waals surface area contributed by atoms with Crippen LogP contribution < -0.4 is 0 Å². The largest absolute Gasteiger partial charge is 0.462 e. The van der Waals surface area contributed by atoms with E-state index in [1.54, 1.807) is 0 Å². The molecule has 0 unspecified atom stereocenters. The van der Waals surface area contributed by atoms with Gasteiger partial charge in [-0.25, -0.2) is 0 Å². The maximum Gasteiger partial charge on any atom is 0.306 e. The van der Waals surface area contributed by atoms with Gasteiger partial charge < -0.3 is 14.2 Å². The third-order valence-electron chi connectivity index (χ3n) is 11.3. The third kappa shape index (κ3) is 46.8. The summed E-state index contributed by atoms with van der Waals surface area (Å²) in [5.74, 6) is 0.748. The fourth-order valence-electron chi connectivity index (χ4n) is 7.43. The Morgan fingerprint density at radius 2 is 0.712 bits per heavy atom. The zero-order valence-corrected chi connectivity index (χ0v) is 39.9. The maximum absolute atomic E-state index is 12.8. The highest BCUT2D eigenvalue weighted by atomic mass is 16.6. The summed E-state index contributed by atoms with van der Waals surface area (Å²) in [5, 5.41) is 0. The minimum Gasteiger partial charge on any atom is -0.462 e. The van der Waals surface area contributed by atoms with Crippen LogP contribution in [0.25, 0.3) is 0 Å². The summed E-state index contributed by atoms with van der Waals surface area (Å²) in [6, 6.07) is 0. The van der Waals surface area contributed by atoms with Gasteiger partial charge >= 0.3 is 17.9 Å². The monoisotopic (exact) mass is 831 g/mol. The molecule has 0 heterocycles. The molecule has 6 nitrogen and oxygen atoms in total. The number of hydrogen-bond donors (Lipinski definition) is 0. The summed E-state index contributed by atoms with van der Waals surface area (Å²) in [7, 11) is 0. The predicted octanol–water partition coefficient (Wildman–Crippen LogP) is 16.5. The Kier molecular flexibility index (Phi) is 43.8. The summed E-state index contributed by atoms with van der Waals surface area (Å²) < 4.78 is 16.8. The van der Waals surface area contributed by atoms with Crippen LogP contribution in [0.3, 0.4) is 0 Å². The molecule has 0 saturated heterocycles. The van der Waals surface area contributed by atoms with E-state index in [4.69, 9.17) is 14.2 Å². The molecule has 59 heavy (non-hydrogen) atoms. The van der Waals surface area contributed by atoms with E-state index in [9.17, 15) is 14.4 Å². The van der Waals surface area contributed by atoms with E-state index in [-0.39, 0.29) is 31.1 Å². The van der Waals surface area contributed by atoms with Gasteiger partial charge in [0.25, 0.3) is 0 Å². The molecular weight excluding hydrogens is 733 g/mol. The van der Waals surface area contributed by atoms with Gasteiger partial charge in [-0.2, -0.15) is 0 Å². The third-order valence-corrected chi connectivity index (χ3v) is 11.3. The quantitative estimate of drug-likeness (QED) is 0.0263. The standard InChI is InChI=1S/C53H98O6/c1-6-7-8-9-10-11-12-13-14-15-18-23-28-33-38-43-51(54)57-46-50(47-58-52(55)44-39-34-29-25-20-22-27-32-37-42-49(4)5)59-53(56)45-40-35-30-24-19-16-17-21-26-31-36-41-48(2)3/h10-11,13-14,48-50H,6-9,12,15-47H2,1-5H3/b11-10-,14-13-/t50-/m1/s1. The highest BCUT2D eigenvalue weighted by molar-refractivity contribution is 5.71. The first kappa shape index (κ1) is 56.9. The molecule has 0 amide bonds. The number of esters is 3. The van der Waals surface area contributed by atoms with Crippen LogP contribution in [-0.4, -0.2) is 37.2 Å². The number of carbonyl (C=O) groups excluding carboxylic acids is 3. The van der Waals surface area contributed by atoms with Crippen LogP contribution in [0.15, 0.2) is 24.3 Å². The molecule has 0 spiro atoms. The Balaban J connectivity index is 4.37. The second-order valence-electron chi connectivity index (χ2n) is 18.4. The van der Waals surface area contributed by atoms with Crippen molar-refractivity contribution in [3.05, 3.63) is 24.3 Å². The first-order chi connectivity index (χ1) is 28.7. The molecule has 0 bridgehead atoms. The SMILES string of the molecule is CCCCC/C=C\C/C=C\CCCCCCCC(=O)OC[C@H](COC(=O)CCCCCCCCCCCC(C)C)OC(=O)CCCCCCCCCCCCCC(C)C. The van der Waals surface area contributed by atoms with Crippen LogP contribution in [0.2, 0.25) is 0 Å². The number of rotatable bonds is 45. The normalized spacial score (nSPS) is 12.3. The van der Waals surface area contributed by atoms with Gasteiger partial charge in [0.2, 0.25) is 0 Å². The smallest absolute Gasteiger partial charge is 0.306 e. The van der Waals surface area contributed by atoms with E-state index in [2.05, 4.69) is 58.9 Å². The summed E-state index contributed by atoms with van der Waals surface area (Å²) in [4.78, 5) is 37.9. The van der Waals surface area contributed by atoms with E-state index in [1.807, 2.05) is 0 Å². The Bertz CT molecular complexity index is 985. The number of hydrogen-bond acceptors (Lipinski definition) is 6. The lowest BCUT2D eigenvalue weighted by Crippen LogP contribution is -2.30. The summed E-state index contributed by atoms with van der Waals surface area (Å²) in [5.41, 5.74) is 0. The Labute approximate surface area is 366 Å². The molecule has 0 aliphatic rings. The molecule has 0 rings (SSSR count). The number of carbonyl (C=O) groups is 3. The Hall–Kier alpha value is -2.11. The summed E-state index contributed by atoms with van der Waals surface area (Å²) in [6.45, 7) is 11.3. The molecular formula is C53H98O6. The van der Waals surface area contributed by atoms with E-state index in [0.29, 0.717) is 19.3 Å². The van der Waals surface area contributed by atoms with Crippen molar-refractivity contribution < 1.29 is 28.6 Å². The maximum atomic E-state index is 12.8. The summed E-state index contributed by atoms with van der Waals surface area (Å²) >= 11 is 0. The lowest BCUT2D eigenvalue weighted by molar-refractivity contribution is -0.167. The number of ether oxygens (including phenoxy) is 3. The number of allylic oxidation sites excluding steroid dienone is 4. The van der Waals surface area contributed by atoms with Crippen molar-refractivity contribution in [3.8, 4) is 0 Å². The van der Waals surface area contributed by atoms with Crippen LogP contribution in [0.1, 0.15) is 266 Å². The molecule has 0 radical (unpaired) electrons. The molecule has 0 fully saturated rings. The van der Waals surface area contributed by atoms with Crippen LogP contribution in [0, 0.1) is 11.8 Å². The predicted molar refractivity (Wildman–Crippen MR) is 252 cm³/mol. The average Bonchev–Trinajstić information content (AvgIpc) is 3.20. The van der Waals surface area contributed by atoms with E-state index >= 15 is 0 Å². The van der Waals surface area contributed by atoms with Gasteiger partial charge in [-0.1, -0.05) is 219 Å². The minimum absolute atomic E-state index is 0.0733. The molecule has 1 atom stereocenters. The van der Waals surface area contributed by atoms with Crippen LogP contribution in [0.4, 0.5) is 0 Å². The molecule has 0 aromatic rings. The van der Waals surface area contributed by atoms with Crippen molar-refractivity contribution in [2.75, 3.05) is 13.2 Å². The van der Waals surface area contributed by atoms with Crippen LogP contribution in [0.5, 0.6) is 0 Å². The van der Waals surface area contributed by atoms with Gasteiger partial charge in [0.15, 0.2) is 6.10 Å². The Morgan fingerprint density at radius 1 is 0.390 bits per heavy atom. The first-order valence-corrected chi connectivity index (χ1v) is 25.5. The highest BCUT2D eigenvalue weighted by Crippen LogP contribution is 2.16. The zero-order valence-electron chi connectivity index (χ0n) is 39.9. The second-order valence-corrected chi connectivity index (χ2v) is 18.4. The van der Waals surface area contributed by atoms with Gasteiger partial charge in [0.05, 0.1) is 0 Å². The fraction of sp³-hybridized carbons (Fsp3) is 0.868. The Morgan fingerprint density at radius 3 is 1.08 bits per heavy atom. The van der Waals surface area contributed by atoms with E-state index in [1.165, 1.54) is 135 Å². The van der Waals surface area contributed by atoms with Crippen molar-refractivity contribution in [3.63, 3.8) is 0 Å². The van der Waals surface area contributed by atoms with E-state index < -0.39 is 6.10 Å². The lowest BCUT2D eigenvalue weighted by atomic mass is 10.0. The van der Waals surface area contributed by atoms with Gasteiger partial charge in [-0.15, -0.1) is 0 Å². The fourth-order valence-corrected chi connectivity index (χ4v) is 7.43. The summed E-state index contributed by atoms with van der Waals surface area (Å²) in [6.07, 6.45) is 48.8. The lowest BCUT2D eigenvalue weighted by Gasteiger charge is -2.18. The number of unbranched alkanes of at least 4 members (excludes halogenated alkanes) is 26. The molecule has 0 aromatic heterocycles. The van der Waals surface area contributed by atoms with Gasteiger partial charge in [-0.05, 0) is 63.2 Å². The van der Waals surface area contributed by atoms with Crippen molar-refractivity contribution >= 4 is 17.9 Å². The molecule has 0 aromatic carbocycles. The average molecular weight is 831 g/mol. The molecule has 6 heteroatoms. The van der Waals surface area contributed by atoms with Crippen molar-refractivity contribution in [2.45, 2.75) is 272 Å².